The molecule has 5 nitrogen and oxygen atoms in total. The molecule has 6 heteroatoms. The summed E-state index contributed by atoms with van der Waals surface area (Å²) in [5, 5.41) is 8.64. The van der Waals surface area contributed by atoms with Crippen molar-refractivity contribution in [1.82, 2.24) is 0 Å². The number of allylic oxidation sites excluding steroid dienone is 4. The van der Waals surface area contributed by atoms with Gasteiger partial charge in [-0.3, -0.25) is 4.57 Å². The van der Waals surface area contributed by atoms with Crippen LogP contribution in [0, 0.1) is 0 Å². The van der Waals surface area contributed by atoms with Crippen LogP contribution in [0.4, 0.5) is 0 Å². The van der Waals surface area contributed by atoms with Crippen LogP contribution in [-0.2, 0) is 4.57 Å². The molecule has 0 radical (unpaired) electrons. The maximum absolute atomic E-state index is 11.8. The Bertz CT molecular complexity index is 594. The molecule has 0 saturated heterocycles. The van der Waals surface area contributed by atoms with Crippen LogP contribution in [0.3, 0.4) is 0 Å². The number of aliphatic hydroxyl groups is 1. The van der Waals surface area contributed by atoms with Gasteiger partial charge in [-0.1, -0.05) is 89.0 Å². The van der Waals surface area contributed by atoms with E-state index in [4.69, 9.17) is 0 Å². The van der Waals surface area contributed by atoms with Gasteiger partial charge >= 0.3 is 7.60 Å². The molecule has 0 fully saturated rings. The highest BCUT2D eigenvalue weighted by Crippen LogP contribution is 2.52. The van der Waals surface area contributed by atoms with Crippen molar-refractivity contribution < 1.29 is 23.9 Å². The van der Waals surface area contributed by atoms with Gasteiger partial charge in [0.1, 0.15) is 6.54 Å². The molecule has 0 aliphatic carbocycles. The molecule has 0 spiro atoms. The zero-order valence-corrected chi connectivity index (χ0v) is 24.5. The van der Waals surface area contributed by atoms with Crippen LogP contribution in [0.2, 0.25) is 0 Å². The smallest absolute Gasteiger partial charge is 0.362 e. The number of hydrogen-bond donors (Lipinski definition) is 3. The SMILES string of the molecule is CCCCC/C=C\CCCCCCCC/C=C\CCCCCCCC(O)(C[N+](C)(C)C)P(=O)(O)O. The molecule has 0 rings (SSSR count). The number of nitrogens with zero attached hydrogens (tertiary/aromatic N) is 1. The van der Waals surface area contributed by atoms with Gasteiger partial charge in [0.25, 0.3) is 0 Å². The lowest BCUT2D eigenvalue weighted by molar-refractivity contribution is -0.875. The van der Waals surface area contributed by atoms with Crippen molar-refractivity contribution in [3.05, 3.63) is 24.3 Å². The van der Waals surface area contributed by atoms with Crippen LogP contribution in [0.15, 0.2) is 24.3 Å². The summed E-state index contributed by atoms with van der Waals surface area (Å²) in [6.07, 6.45) is 31.3. The van der Waals surface area contributed by atoms with Gasteiger partial charge in [-0.25, -0.2) is 0 Å². The van der Waals surface area contributed by atoms with E-state index in [2.05, 4.69) is 31.2 Å². The first-order chi connectivity index (χ1) is 16.5. The fourth-order valence-electron chi connectivity index (χ4n) is 4.49. The van der Waals surface area contributed by atoms with E-state index in [0.29, 0.717) is 10.9 Å². The van der Waals surface area contributed by atoms with Gasteiger partial charge in [-0.2, -0.15) is 0 Å². The molecule has 0 heterocycles. The first kappa shape index (κ1) is 34.6. The van der Waals surface area contributed by atoms with Crippen molar-refractivity contribution in [2.45, 2.75) is 134 Å². The Morgan fingerprint density at radius 3 is 1.31 bits per heavy atom. The van der Waals surface area contributed by atoms with Gasteiger partial charge in [0, 0.05) is 0 Å². The highest BCUT2D eigenvalue weighted by Gasteiger charge is 2.48. The minimum absolute atomic E-state index is 0.0545. The van der Waals surface area contributed by atoms with Crippen LogP contribution in [0.1, 0.15) is 129 Å². The van der Waals surface area contributed by atoms with Crippen molar-refractivity contribution in [2.75, 3.05) is 27.7 Å². The predicted molar refractivity (Wildman–Crippen MR) is 152 cm³/mol. The van der Waals surface area contributed by atoms with E-state index in [1.807, 2.05) is 21.1 Å². The molecule has 1 atom stereocenters. The largest absolute Gasteiger partial charge is 0.373 e. The highest BCUT2D eigenvalue weighted by molar-refractivity contribution is 7.53. The van der Waals surface area contributed by atoms with E-state index < -0.39 is 12.9 Å². The molecule has 0 bridgehead atoms. The molecule has 35 heavy (non-hydrogen) atoms. The average Bonchev–Trinajstić information content (AvgIpc) is 2.75. The zero-order valence-electron chi connectivity index (χ0n) is 23.6. The van der Waals surface area contributed by atoms with Gasteiger partial charge in [-0.05, 0) is 64.2 Å². The fraction of sp³-hybridized carbons (Fsp3) is 0.862. The van der Waals surface area contributed by atoms with Crippen molar-refractivity contribution in [3.8, 4) is 0 Å². The minimum atomic E-state index is -4.55. The summed E-state index contributed by atoms with van der Waals surface area (Å²) >= 11 is 0. The van der Waals surface area contributed by atoms with Crippen molar-refractivity contribution in [2.24, 2.45) is 0 Å². The summed E-state index contributed by atoms with van der Waals surface area (Å²) in [5.41, 5.74) is 0. The molecule has 0 aliphatic rings. The maximum Gasteiger partial charge on any atom is 0.362 e. The second-order valence-corrected chi connectivity index (χ2v) is 13.3. The summed E-state index contributed by atoms with van der Waals surface area (Å²) in [6.45, 7) is 2.31. The molecule has 0 amide bonds. The number of rotatable bonds is 24. The van der Waals surface area contributed by atoms with Crippen LogP contribution in [0.5, 0.6) is 0 Å². The Morgan fingerprint density at radius 1 is 0.629 bits per heavy atom. The number of quaternary nitrogens is 1. The molecule has 3 N–H and O–H groups in total. The Hall–Kier alpha value is -0.450. The quantitative estimate of drug-likeness (QED) is 0.0524. The molecule has 0 aromatic rings. The van der Waals surface area contributed by atoms with Crippen LogP contribution in [0.25, 0.3) is 0 Å². The van der Waals surface area contributed by atoms with E-state index in [1.54, 1.807) is 0 Å². The third-order valence-corrected chi connectivity index (χ3v) is 7.97. The van der Waals surface area contributed by atoms with Gasteiger partial charge in [0.15, 0.2) is 0 Å². The molecule has 0 aromatic carbocycles. The Morgan fingerprint density at radius 2 is 0.971 bits per heavy atom. The predicted octanol–water partition coefficient (Wildman–Crippen LogP) is 8.10. The monoisotopic (exact) mass is 516 g/mol. The lowest BCUT2D eigenvalue weighted by atomic mass is 10.1. The third-order valence-electron chi connectivity index (χ3n) is 6.52. The second kappa shape index (κ2) is 20.6. The van der Waals surface area contributed by atoms with Gasteiger partial charge in [-0.15, -0.1) is 0 Å². The van der Waals surface area contributed by atoms with Crippen molar-refractivity contribution in [1.29, 1.82) is 0 Å². The minimum Gasteiger partial charge on any atom is -0.373 e. The molecule has 0 aliphatic heterocycles. The number of hydrogen-bond acceptors (Lipinski definition) is 2. The lowest BCUT2D eigenvalue weighted by Gasteiger charge is -2.35. The van der Waals surface area contributed by atoms with Gasteiger partial charge in [0.05, 0.1) is 21.1 Å². The third kappa shape index (κ3) is 21.4. The topological polar surface area (TPSA) is 77.8 Å². The van der Waals surface area contributed by atoms with Crippen LogP contribution < -0.4 is 0 Å². The van der Waals surface area contributed by atoms with E-state index in [-0.39, 0.29) is 13.0 Å². The normalized spacial score (nSPS) is 14.8. The molecule has 1 unspecified atom stereocenters. The Balaban J connectivity index is 3.57. The van der Waals surface area contributed by atoms with Gasteiger partial charge in [0.2, 0.25) is 5.34 Å². The summed E-state index contributed by atoms with van der Waals surface area (Å²) in [4.78, 5) is 19.2. The lowest BCUT2D eigenvalue weighted by Crippen LogP contribution is -2.49. The van der Waals surface area contributed by atoms with Crippen molar-refractivity contribution >= 4 is 7.60 Å². The molecule has 0 saturated carbocycles. The highest BCUT2D eigenvalue weighted by atomic mass is 31.2. The molecular formula is C29H59NO4P+. The zero-order chi connectivity index (χ0) is 26.5. The molecular weight excluding hydrogens is 457 g/mol. The van der Waals surface area contributed by atoms with Gasteiger partial charge < -0.3 is 19.4 Å². The fourth-order valence-corrected chi connectivity index (χ4v) is 5.55. The Kier molecular flexibility index (Phi) is 20.3. The standard InChI is InChI=1S/C29H58NO4P/c1-5-6-7-8-9-10-11-12-13-14-15-16-17-18-19-20-21-22-23-24-25-26-27-29(31,35(32,33)34)28-30(2,3)4/h9-10,19-20,31H,5-8,11-18,21-28H2,1-4H3,(H-,32,33,34)/p+1/b10-9-,20-19-. The Labute approximate surface area is 217 Å². The molecule has 208 valence electrons. The van der Waals surface area contributed by atoms with Crippen molar-refractivity contribution in [3.63, 3.8) is 0 Å². The number of likely N-dealkylation sites (N-methyl/N-ethyl adjacent to an activating group) is 1. The van der Waals surface area contributed by atoms with Crippen LogP contribution >= 0.6 is 7.60 Å². The van der Waals surface area contributed by atoms with Crippen LogP contribution in [-0.4, -0.2) is 52.4 Å². The van der Waals surface area contributed by atoms with E-state index in [9.17, 15) is 19.5 Å². The van der Waals surface area contributed by atoms with E-state index in [0.717, 1.165) is 32.1 Å². The first-order valence-corrected chi connectivity index (χ1v) is 16.0. The summed E-state index contributed by atoms with van der Waals surface area (Å²) in [5.74, 6) is 0. The summed E-state index contributed by atoms with van der Waals surface area (Å²) in [6, 6.07) is 0. The summed E-state index contributed by atoms with van der Waals surface area (Å²) in [7, 11) is 0.962. The summed E-state index contributed by atoms with van der Waals surface area (Å²) < 4.78 is 12.1. The van der Waals surface area contributed by atoms with E-state index in [1.165, 1.54) is 77.0 Å². The molecule has 0 aromatic heterocycles. The second-order valence-electron chi connectivity index (χ2n) is 11.4. The first-order valence-electron chi connectivity index (χ1n) is 14.4. The average molecular weight is 517 g/mol. The number of unbranched alkanes of at least 4 members (excludes halogenated alkanes) is 15. The maximum atomic E-state index is 11.8. The van der Waals surface area contributed by atoms with E-state index >= 15 is 0 Å².